The van der Waals surface area contributed by atoms with E-state index in [1.807, 2.05) is 56.0 Å². The van der Waals surface area contributed by atoms with Gasteiger partial charge in [-0.05, 0) is 51.9 Å². The molecule has 0 aliphatic carbocycles. The molecule has 0 spiro atoms. The fraction of sp³-hybridized carbons (Fsp3) is 0.273. The van der Waals surface area contributed by atoms with Gasteiger partial charge in [-0.2, -0.15) is 0 Å². The van der Waals surface area contributed by atoms with E-state index in [1.165, 1.54) is 0 Å². The summed E-state index contributed by atoms with van der Waals surface area (Å²) in [6.45, 7) is 4.28. The zero-order chi connectivity index (χ0) is 34.3. The van der Waals surface area contributed by atoms with Gasteiger partial charge in [-0.25, -0.2) is 30.2 Å². The van der Waals surface area contributed by atoms with Crippen LogP contribution in [0, 0.1) is 20.2 Å². The molecule has 2 aliphatic rings. The van der Waals surface area contributed by atoms with Gasteiger partial charge in [-0.1, -0.05) is 83.9 Å². The maximum Gasteiger partial charge on any atom is 0.274 e. The molecule has 0 bridgehead atoms. The Balaban J connectivity index is 1.04. The average molecular weight is 704 g/mol. The van der Waals surface area contributed by atoms with Crippen LogP contribution >= 0.6 is 23.2 Å². The van der Waals surface area contributed by atoms with E-state index in [0.717, 1.165) is 39.8 Å². The number of hydrazone groups is 2. The lowest BCUT2D eigenvalue weighted by Crippen LogP contribution is -2.34. The SMILES string of the molecule is O=[N+]([O-])/N=C1/N(Cc2ccc(Cc3ccc(CN4CCN(Cc5ccc(Cl)nc5)/C4=N\[N+](=O)[O-])cc3)cc2)CCN1Cc1ccc(Cl)nc1. The molecule has 0 atom stereocenters. The lowest BCUT2D eigenvalue weighted by atomic mass is 10.0. The molecule has 6 rings (SSSR count). The van der Waals surface area contributed by atoms with E-state index < -0.39 is 10.1 Å². The highest BCUT2D eigenvalue weighted by atomic mass is 35.5. The Morgan fingerprint density at radius 1 is 0.531 bits per heavy atom. The largest absolute Gasteiger partial charge is 0.331 e. The van der Waals surface area contributed by atoms with Crippen LogP contribution in [0.4, 0.5) is 0 Å². The van der Waals surface area contributed by atoms with E-state index in [4.69, 9.17) is 23.2 Å². The molecule has 2 fully saturated rings. The van der Waals surface area contributed by atoms with E-state index in [-0.39, 0.29) is 0 Å². The van der Waals surface area contributed by atoms with Gasteiger partial charge < -0.3 is 19.6 Å². The van der Waals surface area contributed by atoms with Gasteiger partial charge in [-0.3, -0.25) is 0 Å². The highest BCUT2D eigenvalue weighted by Gasteiger charge is 2.31. The Morgan fingerprint density at radius 2 is 0.837 bits per heavy atom. The van der Waals surface area contributed by atoms with Crippen LogP contribution in [0.1, 0.15) is 33.4 Å². The highest BCUT2D eigenvalue weighted by Crippen LogP contribution is 2.21. The first-order valence-corrected chi connectivity index (χ1v) is 16.3. The average Bonchev–Trinajstić information content (AvgIpc) is 3.62. The van der Waals surface area contributed by atoms with E-state index in [2.05, 4.69) is 44.4 Å². The van der Waals surface area contributed by atoms with Gasteiger partial charge in [0.1, 0.15) is 20.5 Å². The summed E-state index contributed by atoms with van der Waals surface area (Å²) < 4.78 is 0. The van der Waals surface area contributed by atoms with Gasteiger partial charge in [0.15, 0.2) is 10.1 Å². The summed E-state index contributed by atoms with van der Waals surface area (Å²) in [5.74, 6) is 0.641. The fourth-order valence-corrected chi connectivity index (χ4v) is 6.15. The molecule has 4 heterocycles. The molecule has 2 aromatic heterocycles. The number of pyridine rings is 2. The summed E-state index contributed by atoms with van der Waals surface area (Å²) in [5, 5.41) is 29.6. The van der Waals surface area contributed by atoms with Crippen molar-refractivity contribution in [2.45, 2.75) is 32.6 Å². The molecule has 2 aliphatic heterocycles. The third-order valence-electron chi connectivity index (χ3n) is 8.28. The summed E-state index contributed by atoms with van der Waals surface area (Å²) in [5.41, 5.74) is 6.06. The molecule has 2 aromatic carbocycles. The minimum Gasteiger partial charge on any atom is -0.331 e. The molecule has 14 nitrogen and oxygen atoms in total. The standard InChI is InChI=1S/C33H32Cl2N10O4/c34-30-11-9-28(18-36-30)22-42-15-13-40(32(42)38-44(46)47)20-26-5-1-24(2-6-26)17-25-3-7-27(8-4-25)21-41-14-16-43(33(41)39-45(48)49)23-29-10-12-31(35)37-19-29/h1-12,18-19H,13-17,20-23H2/b38-32-,39-33-. The van der Waals surface area contributed by atoms with Crippen LogP contribution in [0.3, 0.4) is 0 Å². The first-order valence-electron chi connectivity index (χ1n) is 15.5. The minimum absolute atomic E-state index is 0.321. The number of nitro groups is 2. The molecule has 4 aromatic rings. The van der Waals surface area contributed by atoms with Crippen LogP contribution in [0.2, 0.25) is 10.3 Å². The number of hydrogen-bond donors (Lipinski definition) is 0. The maximum atomic E-state index is 11.4. The number of guanidine groups is 2. The first kappa shape index (κ1) is 33.6. The highest BCUT2D eigenvalue weighted by molar-refractivity contribution is 6.29. The molecule has 0 unspecified atom stereocenters. The zero-order valence-electron chi connectivity index (χ0n) is 26.3. The van der Waals surface area contributed by atoms with Gasteiger partial charge in [0.25, 0.3) is 11.9 Å². The van der Waals surface area contributed by atoms with Gasteiger partial charge >= 0.3 is 0 Å². The van der Waals surface area contributed by atoms with Crippen LogP contribution in [-0.2, 0) is 32.6 Å². The monoisotopic (exact) mass is 702 g/mol. The summed E-state index contributed by atoms with van der Waals surface area (Å²) in [7, 11) is 0. The van der Waals surface area contributed by atoms with E-state index >= 15 is 0 Å². The number of rotatable bonds is 12. The van der Waals surface area contributed by atoms with Gasteiger partial charge in [0.2, 0.25) is 0 Å². The van der Waals surface area contributed by atoms with Crippen LogP contribution in [0.15, 0.2) is 95.4 Å². The molecular weight excluding hydrogens is 671 g/mol. The molecular formula is C33H32Cl2N10O4. The minimum atomic E-state index is -0.658. The number of benzene rings is 2. The fourth-order valence-electron chi connectivity index (χ4n) is 5.92. The molecule has 0 amide bonds. The number of hydrogen-bond acceptors (Lipinski definition) is 6. The van der Waals surface area contributed by atoms with Crippen molar-refractivity contribution in [3.63, 3.8) is 0 Å². The Hall–Kier alpha value is -5.34. The van der Waals surface area contributed by atoms with Crippen molar-refractivity contribution < 1.29 is 10.1 Å². The van der Waals surface area contributed by atoms with Gasteiger partial charge in [-0.15, -0.1) is 0 Å². The van der Waals surface area contributed by atoms with E-state index in [0.29, 0.717) is 74.6 Å². The third-order valence-corrected chi connectivity index (χ3v) is 8.73. The van der Waals surface area contributed by atoms with Crippen molar-refractivity contribution in [1.29, 1.82) is 0 Å². The van der Waals surface area contributed by atoms with Crippen molar-refractivity contribution in [1.82, 2.24) is 29.6 Å². The van der Waals surface area contributed by atoms with Crippen LogP contribution in [0.25, 0.3) is 0 Å². The predicted octanol–water partition coefficient (Wildman–Crippen LogP) is 5.11. The smallest absolute Gasteiger partial charge is 0.274 e. The van der Waals surface area contributed by atoms with Crippen LogP contribution in [-0.4, -0.2) is 77.7 Å². The normalized spacial score (nSPS) is 16.3. The van der Waals surface area contributed by atoms with Gasteiger partial charge in [0, 0.05) is 64.8 Å². The second kappa shape index (κ2) is 15.3. The zero-order valence-corrected chi connectivity index (χ0v) is 27.8. The molecule has 0 saturated carbocycles. The Morgan fingerprint density at radius 3 is 1.14 bits per heavy atom. The summed E-state index contributed by atoms with van der Waals surface area (Å²) in [6.07, 6.45) is 4.05. The van der Waals surface area contributed by atoms with Crippen molar-refractivity contribution in [3.8, 4) is 0 Å². The van der Waals surface area contributed by atoms with E-state index in [9.17, 15) is 20.2 Å². The number of nitrogens with zero attached hydrogens (tertiary/aromatic N) is 10. The van der Waals surface area contributed by atoms with Crippen molar-refractivity contribution in [3.05, 3.63) is 149 Å². The quantitative estimate of drug-likeness (QED) is 0.111. The lowest BCUT2D eigenvalue weighted by molar-refractivity contribution is -0.486. The Kier molecular flexibility index (Phi) is 10.4. The summed E-state index contributed by atoms with van der Waals surface area (Å²) in [4.78, 5) is 38.5. The number of halogens is 2. The number of aromatic nitrogens is 2. The topological polar surface area (TPSA) is 150 Å². The second-order valence-electron chi connectivity index (χ2n) is 11.8. The van der Waals surface area contributed by atoms with E-state index in [1.54, 1.807) is 24.5 Å². The molecule has 0 radical (unpaired) electrons. The van der Waals surface area contributed by atoms with Crippen LogP contribution in [0.5, 0.6) is 0 Å². The predicted molar refractivity (Wildman–Crippen MR) is 185 cm³/mol. The molecule has 0 N–H and O–H groups in total. The Labute approximate surface area is 292 Å². The molecule has 49 heavy (non-hydrogen) atoms. The van der Waals surface area contributed by atoms with Crippen molar-refractivity contribution >= 4 is 35.1 Å². The van der Waals surface area contributed by atoms with Crippen molar-refractivity contribution in [2.24, 2.45) is 10.2 Å². The molecule has 16 heteroatoms. The van der Waals surface area contributed by atoms with Crippen molar-refractivity contribution in [2.75, 3.05) is 26.2 Å². The second-order valence-corrected chi connectivity index (χ2v) is 12.5. The first-order chi connectivity index (χ1) is 23.7. The summed E-state index contributed by atoms with van der Waals surface area (Å²) in [6, 6.07) is 23.5. The maximum absolute atomic E-state index is 11.4. The van der Waals surface area contributed by atoms with Gasteiger partial charge in [0.05, 0.1) is 0 Å². The lowest BCUT2D eigenvalue weighted by Gasteiger charge is -2.21. The summed E-state index contributed by atoms with van der Waals surface area (Å²) >= 11 is 11.8. The molecule has 252 valence electrons. The Bertz CT molecular complexity index is 1700. The third kappa shape index (κ3) is 8.97. The molecule has 2 saturated heterocycles. The van der Waals surface area contributed by atoms with Crippen LogP contribution < -0.4 is 0 Å².